The van der Waals surface area contributed by atoms with Gasteiger partial charge in [-0.15, -0.1) is 0 Å². The lowest BCUT2D eigenvalue weighted by molar-refractivity contribution is -0.139. The minimum atomic E-state index is -3.81. The number of rotatable bonds is 9. The van der Waals surface area contributed by atoms with Crippen LogP contribution in [0.4, 0.5) is 0 Å². The Labute approximate surface area is 191 Å². The molecule has 1 aromatic heterocycles. The number of carboxylic acid groups (broad SMARTS) is 1. The number of halogens is 1. The van der Waals surface area contributed by atoms with Crippen molar-refractivity contribution in [2.45, 2.75) is 31.2 Å². The molecule has 0 bridgehead atoms. The number of sulfonamides is 1. The minimum absolute atomic E-state index is 0.0252. The number of aromatic amines is 1. The van der Waals surface area contributed by atoms with E-state index in [1.54, 1.807) is 20.0 Å². The number of benzene rings is 2. The van der Waals surface area contributed by atoms with Gasteiger partial charge in [0.1, 0.15) is 6.04 Å². The van der Waals surface area contributed by atoms with Gasteiger partial charge in [0, 0.05) is 36.6 Å². The fourth-order valence-corrected chi connectivity index (χ4v) is 5.20. The van der Waals surface area contributed by atoms with E-state index in [2.05, 4.69) is 10.3 Å². The van der Waals surface area contributed by atoms with Gasteiger partial charge in [0.15, 0.2) is 0 Å². The Morgan fingerprint density at radius 1 is 1.16 bits per heavy atom. The number of H-pyrrole nitrogens is 1. The average molecular weight is 478 g/mol. The molecule has 0 saturated carbocycles. The van der Waals surface area contributed by atoms with Crippen molar-refractivity contribution in [3.05, 3.63) is 64.8 Å². The summed E-state index contributed by atoms with van der Waals surface area (Å²) in [5.74, 6) is -1.98. The Balaban J connectivity index is 1.88. The first kappa shape index (κ1) is 23.8. The molecule has 1 heterocycles. The third kappa shape index (κ3) is 4.79. The number of fused-ring (bicyclic) bond motifs is 1. The topological polar surface area (TPSA) is 120 Å². The van der Waals surface area contributed by atoms with Gasteiger partial charge in [0.05, 0.1) is 15.5 Å². The predicted octanol–water partition coefficient (Wildman–Crippen LogP) is 3.28. The zero-order valence-corrected chi connectivity index (χ0v) is 19.2. The van der Waals surface area contributed by atoms with Crippen LogP contribution in [0, 0.1) is 0 Å². The van der Waals surface area contributed by atoms with E-state index in [9.17, 15) is 23.1 Å². The predicted molar refractivity (Wildman–Crippen MR) is 122 cm³/mol. The number of para-hydroxylation sites is 1. The SMILES string of the molecule is CCN(CC)S(=O)(=O)c1ccc(Cl)c(C(=O)NC(Cc2c[nH]c3ccccc23)C(=O)O)c1. The molecular weight excluding hydrogens is 454 g/mol. The number of nitrogens with one attached hydrogen (secondary N) is 2. The number of aliphatic carboxylic acids is 1. The van der Waals surface area contributed by atoms with Crippen molar-refractivity contribution >= 4 is 44.4 Å². The Morgan fingerprint density at radius 2 is 1.84 bits per heavy atom. The van der Waals surface area contributed by atoms with Crippen LogP contribution in [0.1, 0.15) is 29.8 Å². The van der Waals surface area contributed by atoms with Gasteiger partial charge in [-0.3, -0.25) is 4.79 Å². The van der Waals surface area contributed by atoms with Crippen molar-refractivity contribution < 1.29 is 23.1 Å². The largest absolute Gasteiger partial charge is 0.480 e. The van der Waals surface area contributed by atoms with Crippen LogP contribution in [0.5, 0.6) is 0 Å². The number of aromatic nitrogens is 1. The number of nitrogens with zero attached hydrogens (tertiary/aromatic N) is 1. The number of carboxylic acids is 1. The first-order valence-electron chi connectivity index (χ1n) is 10.1. The van der Waals surface area contributed by atoms with Crippen molar-refractivity contribution in [1.82, 2.24) is 14.6 Å². The van der Waals surface area contributed by atoms with Crippen LogP contribution in [-0.2, 0) is 21.2 Å². The lowest BCUT2D eigenvalue weighted by Crippen LogP contribution is -2.42. The molecule has 0 fully saturated rings. The maximum atomic E-state index is 12.9. The minimum Gasteiger partial charge on any atom is -0.480 e. The zero-order chi connectivity index (χ0) is 23.5. The quantitative estimate of drug-likeness (QED) is 0.437. The van der Waals surface area contributed by atoms with E-state index >= 15 is 0 Å². The van der Waals surface area contributed by atoms with Crippen molar-refractivity contribution in [2.75, 3.05) is 13.1 Å². The lowest BCUT2D eigenvalue weighted by Gasteiger charge is -2.19. The molecule has 3 N–H and O–H groups in total. The summed E-state index contributed by atoms with van der Waals surface area (Å²) in [6.07, 6.45) is 1.75. The van der Waals surface area contributed by atoms with Gasteiger partial charge in [-0.1, -0.05) is 43.6 Å². The fourth-order valence-electron chi connectivity index (χ4n) is 3.51. The summed E-state index contributed by atoms with van der Waals surface area (Å²) in [4.78, 5) is 27.7. The van der Waals surface area contributed by atoms with Crippen LogP contribution in [0.3, 0.4) is 0 Å². The Kier molecular flexibility index (Phi) is 7.22. The van der Waals surface area contributed by atoms with Crippen molar-refractivity contribution in [3.63, 3.8) is 0 Å². The monoisotopic (exact) mass is 477 g/mol. The molecule has 3 rings (SSSR count). The average Bonchev–Trinajstić information content (AvgIpc) is 3.17. The Morgan fingerprint density at radius 3 is 2.50 bits per heavy atom. The first-order valence-corrected chi connectivity index (χ1v) is 11.9. The summed E-state index contributed by atoms with van der Waals surface area (Å²) in [6.45, 7) is 3.98. The summed E-state index contributed by atoms with van der Waals surface area (Å²) < 4.78 is 26.9. The molecule has 0 spiro atoms. The standard InChI is InChI=1S/C22H24ClN3O5S/c1-3-26(4-2)32(30,31)15-9-10-18(23)17(12-15)21(27)25-20(22(28)29)11-14-13-24-19-8-6-5-7-16(14)19/h5-10,12-13,20,24H,3-4,11H2,1-2H3,(H,25,27)(H,28,29). The molecule has 3 aromatic rings. The van der Waals surface area contributed by atoms with E-state index in [4.69, 9.17) is 11.6 Å². The van der Waals surface area contributed by atoms with Crippen LogP contribution in [-0.4, -0.2) is 53.8 Å². The summed E-state index contributed by atoms with van der Waals surface area (Å²) in [5.41, 5.74) is 1.48. The van der Waals surface area contributed by atoms with Crippen molar-refractivity contribution in [1.29, 1.82) is 0 Å². The van der Waals surface area contributed by atoms with E-state index in [1.807, 2.05) is 24.3 Å². The molecule has 0 aliphatic rings. The normalized spacial score (nSPS) is 12.8. The second-order valence-electron chi connectivity index (χ2n) is 7.16. The molecule has 0 aliphatic heterocycles. The van der Waals surface area contributed by atoms with E-state index in [0.717, 1.165) is 16.5 Å². The van der Waals surface area contributed by atoms with Gasteiger partial charge >= 0.3 is 5.97 Å². The molecule has 0 radical (unpaired) electrons. The Bertz CT molecular complexity index is 1250. The number of hydrogen-bond acceptors (Lipinski definition) is 4. The van der Waals surface area contributed by atoms with E-state index < -0.39 is 27.9 Å². The van der Waals surface area contributed by atoms with Crippen molar-refractivity contribution in [2.24, 2.45) is 0 Å². The fraction of sp³-hybridized carbons (Fsp3) is 0.273. The molecule has 0 aliphatic carbocycles. The molecule has 1 amide bonds. The molecule has 1 unspecified atom stereocenters. The summed E-state index contributed by atoms with van der Waals surface area (Å²) in [5, 5.41) is 13.0. The molecule has 10 heteroatoms. The second kappa shape index (κ2) is 9.72. The zero-order valence-electron chi connectivity index (χ0n) is 17.6. The van der Waals surface area contributed by atoms with Crippen LogP contribution >= 0.6 is 11.6 Å². The van der Waals surface area contributed by atoms with Crippen LogP contribution in [0.2, 0.25) is 5.02 Å². The highest BCUT2D eigenvalue weighted by atomic mass is 35.5. The third-order valence-electron chi connectivity index (χ3n) is 5.23. The van der Waals surface area contributed by atoms with Gasteiger partial charge in [-0.05, 0) is 29.8 Å². The number of amides is 1. The highest BCUT2D eigenvalue weighted by Crippen LogP contribution is 2.24. The van der Waals surface area contributed by atoms with E-state index in [-0.39, 0.29) is 35.0 Å². The van der Waals surface area contributed by atoms with Gasteiger partial charge in [-0.25, -0.2) is 13.2 Å². The number of carbonyl (C=O) groups excluding carboxylic acids is 1. The number of carbonyl (C=O) groups is 2. The molecule has 32 heavy (non-hydrogen) atoms. The highest BCUT2D eigenvalue weighted by Gasteiger charge is 2.26. The van der Waals surface area contributed by atoms with Gasteiger partial charge in [0.25, 0.3) is 5.91 Å². The summed E-state index contributed by atoms with van der Waals surface area (Å²) in [6, 6.07) is 10.0. The van der Waals surface area contributed by atoms with E-state index in [1.165, 1.54) is 22.5 Å². The van der Waals surface area contributed by atoms with Crippen LogP contribution in [0.15, 0.2) is 53.6 Å². The molecule has 8 nitrogen and oxygen atoms in total. The second-order valence-corrected chi connectivity index (χ2v) is 9.50. The van der Waals surface area contributed by atoms with Crippen LogP contribution in [0.25, 0.3) is 10.9 Å². The molecular formula is C22H24ClN3O5S. The smallest absolute Gasteiger partial charge is 0.326 e. The molecule has 170 valence electrons. The van der Waals surface area contributed by atoms with Gasteiger partial charge in [0.2, 0.25) is 10.0 Å². The molecule has 2 aromatic carbocycles. The number of hydrogen-bond donors (Lipinski definition) is 3. The maximum Gasteiger partial charge on any atom is 0.326 e. The third-order valence-corrected chi connectivity index (χ3v) is 7.60. The van der Waals surface area contributed by atoms with Gasteiger partial charge < -0.3 is 15.4 Å². The first-order chi connectivity index (χ1) is 15.2. The lowest BCUT2D eigenvalue weighted by atomic mass is 10.0. The summed E-state index contributed by atoms with van der Waals surface area (Å²) >= 11 is 6.15. The summed E-state index contributed by atoms with van der Waals surface area (Å²) in [7, 11) is -3.81. The highest BCUT2D eigenvalue weighted by molar-refractivity contribution is 7.89. The molecule has 0 saturated heterocycles. The maximum absolute atomic E-state index is 12.9. The molecule has 1 atom stereocenters. The van der Waals surface area contributed by atoms with E-state index in [0.29, 0.717) is 0 Å². The van der Waals surface area contributed by atoms with Crippen molar-refractivity contribution in [3.8, 4) is 0 Å². The van der Waals surface area contributed by atoms with Gasteiger partial charge in [-0.2, -0.15) is 4.31 Å². The van der Waals surface area contributed by atoms with Crippen LogP contribution < -0.4 is 5.32 Å². The Hall–Kier alpha value is -2.88.